The third-order valence-electron chi connectivity index (χ3n) is 21.6. The van der Waals surface area contributed by atoms with E-state index in [-0.39, 0.29) is 38.9 Å². The average Bonchev–Trinajstić information content (AvgIpc) is 1.59. The quantitative estimate of drug-likeness (QED) is 0.108. The van der Waals surface area contributed by atoms with Crippen LogP contribution in [0.4, 0.5) is 0 Å². The molecule has 4 heterocycles. The van der Waals surface area contributed by atoms with Gasteiger partial charge >= 0.3 is 0 Å². The zero-order valence-corrected chi connectivity index (χ0v) is 64.3. The van der Waals surface area contributed by atoms with Crippen molar-refractivity contribution in [2.75, 3.05) is 0 Å². The summed E-state index contributed by atoms with van der Waals surface area (Å²) in [5.74, 6) is -1.87. The highest BCUT2D eigenvalue weighted by Crippen LogP contribution is 2.41. The van der Waals surface area contributed by atoms with Crippen LogP contribution in [0.3, 0.4) is 0 Å². The van der Waals surface area contributed by atoms with E-state index < -0.39 is 59.8 Å². The highest BCUT2D eigenvalue weighted by atomic mass is 14.9. The van der Waals surface area contributed by atoms with Gasteiger partial charge in [0, 0.05) is 101 Å². The molecule has 10 aromatic carbocycles. The van der Waals surface area contributed by atoms with Crippen molar-refractivity contribution in [2.24, 2.45) is 28.2 Å². The molecule has 4 heteroatoms. The van der Waals surface area contributed by atoms with E-state index >= 15 is 0 Å². The second kappa shape index (κ2) is 35.0. The van der Waals surface area contributed by atoms with Crippen LogP contribution in [0.1, 0.15) is 173 Å². The molecule has 4 aromatic heterocycles. The predicted molar refractivity (Wildman–Crippen MR) is 464 cm³/mol. The Bertz CT molecular complexity index is 6500. The standard InChI is InChI=1S/C27H32N.C27H26N.C26H30N.C26H24N/c1-19-15-20(2)26(16-24(19)22-11-7-5-8-12-22)27-17-25(21(3)18-28(27)4)23-13-9-6-10-14-23;1-19-13-14-23(22-11-6-5-7-12-22)17-25(19)26-18-24(15-16-28(26)4)27-20(2)9-8-10-21(27)3;1-18-14-19(2)25(15-23(18)21-10-6-5-7-11-21)26-16-24(20(3)17-27(26)4)22-12-8-9-13-22;1-19-9-7-8-12-24(19)23-15-16-27(3)26(18-23)25-17-22(14-13-20(25)2)21-10-5-4-6-11-21/h5,7-8,11-12,15-18,23H,6,9-10,13-14H2,1-4H3;5-18H,1-4H3;5-7,10-11,14-17,22H,8-9,12-13H2,1-4H3;4-18H,1-3H3/q4*+1/i1D3,3D3,23D;2D3,3D3;1D3,3D3,22D;1D3. The van der Waals surface area contributed by atoms with E-state index in [9.17, 15) is 1.37 Å². The number of aryl methyl sites for hydroxylation is 15. The second-order valence-electron chi connectivity index (χ2n) is 29.2. The Balaban J connectivity index is 0.000000151. The first-order valence-corrected chi connectivity index (χ1v) is 38.0. The number of benzene rings is 10. The van der Waals surface area contributed by atoms with Gasteiger partial charge in [0.2, 0.25) is 22.8 Å². The van der Waals surface area contributed by atoms with Gasteiger partial charge in [-0.15, -0.1) is 0 Å². The zero-order valence-electron chi connectivity index (χ0n) is 87.3. The van der Waals surface area contributed by atoms with Gasteiger partial charge in [0.25, 0.3) is 0 Å². The molecular formula is C106H112N4+4. The molecule has 0 unspecified atom stereocenters. The van der Waals surface area contributed by atoms with E-state index in [1.165, 1.54) is 29.3 Å². The molecule has 0 aliphatic heterocycles. The number of nitrogens with zero attached hydrogens (tertiary/aromatic N) is 4. The molecule has 0 amide bonds. The molecule has 2 aliphatic rings. The first kappa shape index (κ1) is 52.8. The maximum absolute atomic E-state index is 9.22. The van der Waals surface area contributed by atoms with Crippen LogP contribution in [0.25, 0.3) is 112 Å². The average molecular weight is 1470 g/mol. The molecule has 2 saturated carbocycles. The minimum absolute atomic E-state index is 0.0377. The minimum Gasteiger partial charge on any atom is -0.201 e. The topological polar surface area (TPSA) is 15.5 Å². The SMILES string of the molecule is [2H]C([2H])([2H])c1cc(C)c(-c2cc(C3([2H])CCCC3)c(C([2H])([2H])[2H])c[n+]2C)cc1-c1ccccc1.[2H]C([2H])([2H])c1cc(C)c(-c2cc(C3([2H])CCCCC3)c(C([2H])([2H])[2H])c[n+]2C)cc1-c1ccccc1.[2H]C([2H])([2H])c1cccc(C([2H])([2H])[2H])c1-c1cc[n+](C)c(-c2cc(-c3ccccc3)ccc2C)c1.[2H]C([2H])([2H])c1ccccc1-c1cc[n+](C)c(-c2cc(-c3ccccc3)ccc2C)c1. The van der Waals surface area contributed by atoms with Crippen molar-refractivity contribution in [1.29, 1.82) is 0 Å². The van der Waals surface area contributed by atoms with Crippen molar-refractivity contribution in [3.05, 3.63) is 358 Å². The first-order valence-electron chi connectivity index (χ1n) is 49.5. The summed E-state index contributed by atoms with van der Waals surface area (Å²) < 4.78 is 195. The monoisotopic (exact) mass is 1460 g/mol. The third-order valence-corrected chi connectivity index (χ3v) is 21.6. The summed E-state index contributed by atoms with van der Waals surface area (Å²) in [6, 6.07) is 82.5. The fraction of sp³-hybridized carbons (Fsp3) is 0.245. The van der Waals surface area contributed by atoms with Crippen LogP contribution in [-0.2, 0) is 28.2 Å². The molecule has 16 rings (SSSR count). The van der Waals surface area contributed by atoms with Gasteiger partial charge in [-0.3, -0.25) is 0 Å². The first-order chi connectivity index (χ1) is 62.4. The maximum Gasteiger partial charge on any atom is 0.213 e. The van der Waals surface area contributed by atoms with E-state index in [0.29, 0.717) is 59.1 Å². The highest BCUT2D eigenvalue weighted by molar-refractivity contribution is 5.81. The van der Waals surface area contributed by atoms with Crippen LogP contribution < -0.4 is 18.3 Å². The molecule has 552 valence electrons. The molecule has 0 radical (unpaired) electrons. The molecule has 4 nitrogen and oxygen atoms in total. The molecule has 110 heavy (non-hydrogen) atoms. The lowest BCUT2D eigenvalue weighted by molar-refractivity contribution is -0.661. The Morgan fingerprint density at radius 2 is 0.609 bits per heavy atom. The van der Waals surface area contributed by atoms with Crippen LogP contribution in [0.15, 0.2) is 286 Å². The van der Waals surface area contributed by atoms with E-state index in [2.05, 4.69) is 78.2 Å². The Kier molecular flexibility index (Phi) is 16.8. The summed E-state index contributed by atoms with van der Waals surface area (Å²) in [7, 11) is 7.56. The number of pyridine rings is 4. The normalized spacial score (nSPS) is 17.3. The van der Waals surface area contributed by atoms with Crippen LogP contribution in [0.2, 0.25) is 0 Å². The number of hydrogen-bond donors (Lipinski definition) is 0. The molecule has 2 aliphatic carbocycles. The van der Waals surface area contributed by atoms with Crippen LogP contribution in [0, 0.1) is 75.7 Å². The van der Waals surface area contributed by atoms with Crippen LogP contribution >= 0.6 is 0 Å². The van der Waals surface area contributed by atoms with Crippen molar-refractivity contribution in [3.63, 3.8) is 0 Å². The fourth-order valence-electron chi connectivity index (χ4n) is 15.4. The molecule has 0 N–H and O–H groups in total. The lowest BCUT2D eigenvalue weighted by Crippen LogP contribution is -2.32. The van der Waals surface area contributed by atoms with Gasteiger partial charge < -0.3 is 0 Å². The summed E-state index contributed by atoms with van der Waals surface area (Å²) in [4.78, 5) is 0. The highest BCUT2D eigenvalue weighted by Gasteiger charge is 2.27. The Morgan fingerprint density at radius 3 is 1.05 bits per heavy atom. The molecule has 2 fully saturated rings. The second-order valence-corrected chi connectivity index (χ2v) is 29.2. The van der Waals surface area contributed by atoms with Gasteiger partial charge in [0.05, 0.1) is 0 Å². The smallest absolute Gasteiger partial charge is 0.201 e. The van der Waals surface area contributed by atoms with E-state index in [4.69, 9.17) is 30.2 Å². The van der Waals surface area contributed by atoms with Gasteiger partial charge in [0.15, 0.2) is 24.8 Å². The van der Waals surface area contributed by atoms with Gasteiger partial charge in [-0.2, -0.15) is 0 Å². The molecule has 14 aromatic rings. The summed E-state index contributed by atoms with van der Waals surface area (Å²) in [5, 5.41) is 0. The Hall–Kier alpha value is -11.2. The van der Waals surface area contributed by atoms with Crippen molar-refractivity contribution in [3.8, 4) is 112 Å². The molecular weight excluding hydrogens is 1330 g/mol. The maximum atomic E-state index is 9.22. The lowest BCUT2D eigenvalue weighted by Gasteiger charge is -2.23. The summed E-state index contributed by atoms with van der Waals surface area (Å²) in [5.41, 5.74) is 23.5. The lowest BCUT2D eigenvalue weighted by atomic mass is 9.82. The molecule has 0 atom stereocenters. The number of rotatable bonds is 12. The van der Waals surface area contributed by atoms with E-state index in [0.717, 1.165) is 133 Å². The van der Waals surface area contributed by atoms with Crippen molar-refractivity contribution in [1.82, 2.24) is 0 Å². The Morgan fingerprint density at radius 1 is 0.245 bits per heavy atom. The van der Waals surface area contributed by atoms with Gasteiger partial charge in [0.1, 0.15) is 28.2 Å². The van der Waals surface area contributed by atoms with Crippen molar-refractivity contribution < 1.29 is 49.8 Å². The van der Waals surface area contributed by atoms with Crippen LogP contribution in [0.5, 0.6) is 0 Å². The van der Waals surface area contributed by atoms with Gasteiger partial charge in [-0.05, 0) is 265 Å². The minimum atomic E-state index is -2.45. The third kappa shape index (κ3) is 17.6. The van der Waals surface area contributed by atoms with E-state index in [1.54, 1.807) is 58.9 Å². The van der Waals surface area contributed by atoms with Crippen molar-refractivity contribution in [2.45, 2.75) is 145 Å². The largest absolute Gasteiger partial charge is 0.213 e. The van der Waals surface area contributed by atoms with E-state index in [1.807, 2.05) is 204 Å². The van der Waals surface area contributed by atoms with Gasteiger partial charge in [-0.25, -0.2) is 18.3 Å². The predicted octanol–water partition coefficient (Wildman–Crippen LogP) is 25.8. The summed E-state index contributed by atoms with van der Waals surface area (Å²) in [6.07, 6.45) is 14.3. The molecule has 0 saturated heterocycles. The molecule has 0 bridgehead atoms. The number of hydrogen-bond acceptors (Lipinski definition) is 0. The Labute approximate surface area is 690 Å². The van der Waals surface area contributed by atoms with Crippen molar-refractivity contribution >= 4 is 0 Å². The summed E-state index contributed by atoms with van der Waals surface area (Å²) >= 11 is 0. The van der Waals surface area contributed by atoms with Crippen LogP contribution in [-0.4, -0.2) is 0 Å². The molecule has 0 spiro atoms. The number of aromatic nitrogens is 4. The van der Waals surface area contributed by atoms with Gasteiger partial charge in [-0.1, -0.05) is 232 Å². The fourth-order valence-corrected chi connectivity index (χ4v) is 15.4. The summed E-state index contributed by atoms with van der Waals surface area (Å²) in [6.45, 7) is -8.36. The zero-order chi connectivity index (χ0) is 96.5.